The zero-order chi connectivity index (χ0) is 15.6. The maximum absolute atomic E-state index is 12.4. The van der Waals surface area contributed by atoms with Gasteiger partial charge in [0.25, 0.3) is 6.43 Å². The van der Waals surface area contributed by atoms with Crippen LogP contribution in [-0.2, 0) is 4.79 Å². The van der Waals surface area contributed by atoms with Crippen molar-refractivity contribution in [1.82, 2.24) is 10.2 Å². The lowest BCUT2D eigenvalue weighted by Crippen LogP contribution is -2.52. The van der Waals surface area contributed by atoms with E-state index in [1.165, 1.54) is 0 Å². The van der Waals surface area contributed by atoms with Crippen LogP contribution >= 0.6 is 0 Å². The number of nitrogens with one attached hydrogen (secondary N) is 1. The van der Waals surface area contributed by atoms with Crippen molar-refractivity contribution >= 4 is 12.0 Å². The molecule has 2 fully saturated rings. The van der Waals surface area contributed by atoms with Crippen molar-refractivity contribution in [2.45, 2.75) is 31.7 Å². The van der Waals surface area contributed by atoms with Crippen molar-refractivity contribution in [3.05, 3.63) is 0 Å². The molecule has 2 bridgehead atoms. The summed E-state index contributed by atoms with van der Waals surface area (Å²) in [6, 6.07) is -1.24. The predicted molar refractivity (Wildman–Crippen MR) is 68.9 cm³/mol. The summed E-state index contributed by atoms with van der Waals surface area (Å²) >= 11 is 0. The standard InChI is InChI=1S/C13H20F2N2O4/c14-9(15)6-17(3-4-18)13(21)16-11-8-2-1-7(5-8)10(11)12(19)20/h7-11,18H,1-6H2,(H,16,21)(H,19,20). The Bertz CT molecular complexity index is 408. The number of halogens is 2. The van der Waals surface area contributed by atoms with Crippen LogP contribution in [0.5, 0.6) is 0 Å². The third-order valence-corrected chi connectivity index (χ3v) is 4.51. The number of rotatable bonds is 6. The van der Waals surface area contributed by atoms with Crippen LogP contribution in [0.3, 0.4) is 0 Å². The first-order valence-corrected chi connectivity index (χ1v) is 7.11. The molecule has 2 aliphatic carbocycles. The molecule has 3 N–H and O–H groups in total. The summed E-state index contributed by atoms with van der Waals surface area (Å²) in [6.07, 6.45) is -0.242. The van der Waals surface area contributed by atoms with E-state index in [2.05, 4.69) is 5.32 Å². The van der Waals surface area contributed by atoms with E-state index in [1.807, 2.05) is 0 Å². The number of nitrogens with zero attached hydrogens (tertiary/aromatic N) is 1. The molecule has 4 atom stereocenters. The number of fused-ring (bicyclic) bond motifs is 2. The summed E-state index contributed by atoms with van der Waals surface area (Å²) in [7, 11) is 0. The van der Waals surface area contributed by atoms with Crippen LogP contribution in [0.2, 0.25) is 0 Å². The van der Waals surface area contributed by atoms with Gasteiger partial charge in [0.15, 0.2) is 0 Å². The van der Waals surface area contributed by atoms with Gasteiger partial charge in [-0.2, -0.15) is 0 Å². The Morgan fingerprint density at radius 1 is 1.29 bits per heavy atom. The minimum Gasteiger partial charge on any atom is -0.481 e. The van der Waals surface area contributed by atoms with Crippen LogP contribution in [0.1, 0.15) is 19.3 Å². The molecule has 2 amide bonds. The fourth-order valence-corrected chi connectivity index (χ4v) is 3.65. The molecule has 0 radical (unpaired) electrons. The molecule has 6 nitrogen and oxygen atoms in total. The maximum Gasteiger partial charge on any atom is 0.317 e. The topological polar surface area (TPSA) is 89.9 Å². The lowest BCUT2D eigenvalue weighted by Gasteiger charge is -2.31. The molecule has 4 unspecified atom stereocenters. The Kier molecular flexibility index (Phi) is 4.97. The number of aliphatic carboxylic acids is 1. The minimum absolute atomic E-state index is 0.0548. The summed E-state index contributed by atoms with van der Waals surface area (Å²) < 4.78 is 24.9. The molecule has 2 aliphatic rings. The molecule has 0 aromatic heterocycles. The van der Waals surface area contributed by atoms with Crippen molar-refractivity contribution in [1.29, 1.82) is 0 Å². The Morgan fingerprint density at radius 3 is 2.52 bits per heavy atom. The summed E-state index contributed by atoms with van der Waals surface area (Å²) in [5, 5.41) is 20.7. The normalized spacial score (nSPS) is 30.7. The van der Waals surface area contributed by atoms with Gasteiger partial charge >= 0.3 is 12.0 Å². The minimum atomic E-state index is -2.70. The van der Waals surface area contributed by atoms with Crippen LogP contribution in [-0.4, -0.2) is 59.3 Å². The highest BCUT2D eigenvalue weighted by Gasteiger charge is 2.51. The van der Waals surface area contributed by atoms with E-state index >= 15 is 0 Å². The van der Waals surface area contributed by atoms with Gasteiger partial charge in [0.1, 0.15) is 0 Å². The third kappa shape index (κ3) is 3.42. The number of aliphatic hydroxyl groups excluding tert-OH is 1. The molecule has 0 aromatic carbocycles. The zero-order valence-corrected chi connectivity index (χ0v) is 11.5. The van der Waals surface area contributed by atoms with E-state index in [0.717, 1.165) is 24.2 Å². The number of amides is 2. The number of carbonyl (C=O) groups is 2. The first kappa shape index (κ1) is 15.9. The van der Waals surface area contributed by atoms with E-state index in [-0.39, 0.29) is 18.4 Å². The molecule has 0 saturated heterocycles. The average Bonchev–Trinajstić information content (AvgIpc) is 2.98. The number of alkyl halides is 2. The highest BCUT2D eigenvalue weighted by Crippen LogP contribution is 2.48. The molecule has 0 aliphatic heterocycles. The Morgan fingerprint density at radius 2 is 1.95 bits per heavy atom. The van der Waals surface area contributed by atoms with Crippen molar-refractivity contribution < 1.29 is 28.6 Å². The van der Waals surface area contributed by atoms with Crippen molar-refractivity contribution in [2.75, 3.05) is 19.7 Å². The Labute approximate surface area is 121 Å². The van der Waals surface area contributed by atoms with E-state index < -0.39 is 43.5 Å². The van der Waals surface area contributed by atoms with Crippen LogP contribution in [0.15, 0.2) is 0 Å². The summed E-state index contributed by atoms with van der Waals surface area (Å²) in [4.78, 5) is 24.2. The maximum atomic E-state index is 12.4. The molecular weight excluding hydrogens is 286 g/mol. The van der Waals surface area contributed by atoms with E-state index in [9.17, 15) is 23.5 Å². The second-order valence-corrected chi connectivity index (χ2v) is 5.73. The van der Waals surface area contributed by atoms with E-state index in [1.54, 1.807) is 0 Å². The largest absolute Gasteiger partial charge is 0.481 e. The average molecular weight is 306 g/mol. The van der Waals surface area contributed by atoms with Crippen molar-refractivity contribution in [2.24, 2.45) is 17.8 Å². The van der Waals surface area contributed by atoms with Gasteiger partial charge in [-0.05, 0) is 31.1 Å². The highest BCUT2D eigenvalue weighted by molar-refractivity contribution is 5.77. The van der Waals surface area contributed by atoms with Gasteiger partial charge in [-0.15, -0.1) is 0 Å². The fourth-order valence-electron chi connectivity index (χ4n) is 3.65. The molecule has 2 saturated carbocycles. The zero-order valence-electron chi connectivity index (χ0n) is 11.5. The smallest absolute Gasteiger partial charge is 0.317 e. The Hall–Kier alpha value is -1.44. The van der Waals surface area contributed by atoms with Crippen molar-refractivity contribution in [3.63, 3.8) is 0 Å². The van der Waals surface area contributed by atoms with Crippen LogP contribution in [0.25, 0.3) is 0 Å². The number of carboxylic acid groups (broad SMARTS) is 1. The number of aliphatic hydroxyl groups is 1. The first-order chi connectivity index (χ1) is 9.93. The predicted octanol–water partition coefficient (Wildman–Crippen LogP) is 0.755. The SMILES string of the molecule is O=C(O)C1C2CCC(C2)C1NC(=O)N(CCO)CC(F)F. The highest BCUT2D eigenvalue weighted by atomic mass is 19.3. The molecule has 8 heteroatoms. The van der Waals surface area contributed by atoms with Gasteiger partial charge in [0.05, 0.1) is 19.1 Å². The molecule has 0 aromatic rings. The third-order valence-electron chi connectivity index (χ3n) is 4.51. The molecular formula is C13H20F2N2O4. The molecule has 120 valence electrons. The van der Waals surface area contributed by atoms with Crippen LogP contribution in [0.4, 0.5) is 13.6 Å². The Balaban J connectivity index is 2.01. The van der Waals surface area contributed by atoms with E-state index in [4.69, 9.17) is 5.11 Å². The molecule has 2 rings (SSSR count). The quantitative estimate of drug-likeness (QED) is 0.675. The number of carboxylic acids is 1. The molecule has 21 heavy (non-hydrogen) atoms. The van der Waals surface area contributed by atoms with Crippen molar-refractivity contribution in [3.8, 4) is 0 Å². The van der Waals surface area contributed by atoms with Gasteiger partial charge in [-0.1, -0.05) is 0 Å². The fraction of sp³-hybridized carbons (Fsp3) is 0.846. The number of hydrogen-bond donors (Lipinski definition) is 3. The lowest BCUT2D eigenvalue weighted by molar-refractivity contribution is -0.144. The van der Waals surface area contributed by atoms with Gasteiger partial charge in [0, 0.05) is 12.6 Å². The number of carbonyl (C=O) groups excluding carboxylic acids is 1. The second kappa shape index (κ2) is 6.55. The van der Waals surface area contributed by atoms with Gasteiger partial charge in [0.2, 0.25) is 0 Å². The van der Waals surface area contributed by atoms with Crippen LogP contribution in [0, 0.1) is 17.8 Å². The van der Waals surface area contributed by atoms with Crippen LogP contribution < -0.4 is 5.32 Å². The summed E-state index contributed by atoms with van der Waals surface area (Å²) in [5.41, 5.74) is 0. The second-order valence-electron chi connectivity index (χ2n) is 5.73. The van der Waals surface area contributed by atoms with E-state index in [0.29, 0.717) is 0 Å². The molecule has 0 spiro atoms. The monoisotopic (exact) mass is 306 g/mol. The first-order valence-electron chi connectivity index (χ1n) is 7.11. The summed E-state index contributed by atoms with van der Waals surface area (Å²) in [5.74, 6) is -1.44. The lowest BCUT2D eigenvalue weighted by atomic mass is 9.84. The van der Waals surface area contributed by atoms with Gasteiger partial charge in [-0.25, -0.2) is 13.6 Å². The number of urea groups is 1. The van der Waals surface area contributed by atoms with Gasteiger partial charge in [-0.3, -0.25) is 4.79 Å². The summed E-state index contributed by atoms with van der Waals surface area (Å²) in [6.45, 7) is -1.39. The molecule has 0 heterocycles. The van der Waals surface area contributed by atoms with Gasteiger partial charge < -0.3 is 20.4 Å². The number of hydrogen-bond acceptors (Lipinski definition) is 3.